The Balaban J connectivity index is 0.000000252. The van der Waals surface area contributed by atoms with Crippen molar-refractivity contribution >= 4 is 5.84 Å². The zero-order chi connectivity index (χ0) is 10.6. The molecule has 3 heteroatoms. The van der Waals surface area contributed by atoms with Crippen LogP contribution in [-0.4, -0.2) is 75.2 Å². The van der Waals surface area contributed by atoms with Crippen molar-refractivity contribution in [1.29, 1.82) is 0 Å². The smallest absolute Gasteiger partial charge is 0.243 e. The summed E-state index contributed by atoms with van der Waals surface area (Å²) in [5, 5.41) is 0. The van der Waals surface area contributed by atoms with E-state index >= 15 is 0 Å². The van der Waals surface area contributed by atoms with E-state index in [4.69, 9.17) is 0 Å². The summed E-state index contributed by atoms with van der Waals surface area (Å²) >= 11 is 0. The minimum Gasteiger partial charge on any atom is -0.333 e. The highest BCUT2D eigenvalue weighted by Crippen LogP contribution is 1.93. The largest absolute Gasteiger partial charge is 0.333 e. The van der Waals surface area contributed by atoms with Gasteiger partial charge in [0.1, 0.15) is 13.1 Å². The lowest BCUT2D eigenvalue weighted by atomic mass is 10.6. The lowest BCUT2D eigenvalue weighted by molar-refractivity contribution is -0.849. The normalized spacial score (nSPS) is 17.3. The van der Waals surface area contributed by atoms with Crippen LogP contribution in [0.5, 0.6) is 0 Å². The SMILES string of the molecule is CC1=[N+](C)CCN1C.C[N+](C)(C)C. The first-order valence-corrected chi connectivity index (χ1v) is 4.76. The Hall–Kier alpha value is -0.570. The van der Waals surface area contributed by atoms with Crippen LogP contribution >= 0.6 is 0 Å². The van der Waals surface area contributed by atoms with E-state index in [-0.39, 0.29) is 0 Å². The average molecular weight is 187 g/mol. The second-order valence-electron chi connectivity index (χ2n) is 5.07. The highest BCUT2D eigenvalue weighted by molar-refractivity contribution is 5.75. The maximum atomic E-state index is 2.26. The van der Waals surface area contributed by atoms with Gasteiger partial charge in [0.15, 0.2) is 0 Å². The van der Waals surface area contributed by atoms with Gasteiger partial charge in [-0.3, -0.25) is 9.48 Å². The van der Waals surface area contributed by atoms with Crippen LogP contribution in [0.3, 0.4) is 0 Å². The molecule has 0 aromatic carbocycles. The summed E-state index contributed by atoms with van der Waals surface area (Å²) in [7, 11) is 12.7. The fraction of sp³-hybridized carbons (Fsp3) is 0.900. The lowest BCUT2D eigenvalue weighted by Crippen LogP contribution is -2.27. The topological polar surface area (TPSA) is 6.25 Å². The quantitative estimate of drug-likeness (QED) is 0.391. The van der Waals surface area contributed by atoms with Gasteiger partial charge in [0.05, 0.1) is 42.3 Å². The molecule has 1 rings (SSSR count). The van der Waals surface area contributed by atoms with Crippen LogP contribution in [0, 0.1) is 0 Å². The molecule has 0 aromatic rings. The van der Waals surface area contributed by atoms with E-state index in [1.165, 1.54) is 18.9 Å². The molecule has 1 aliphatic rings. The molecule has 0 N–H and O–H groups in total. The molecule has 0 aromatic heterocycles. The number of hydrogen-bond donors (Lipinski definition) is 0. The molecule has 1 heterocycles. The van der Waals surface area contributed by atoms with E-state index in [0.29, 0.717) is 0 Å². The summed E-state index contributed by atoms with van der Waals surface area (Å²) in [5.74, 6) is 1.38. The summed E-state index contributed by atoms with van der Waals surface area (Å²) in [6.07, 6.45) is 0. The van der Waals surface area contributed by atoms with Gasteiger partial charge in [0.25, 0.3) is 0 Å². The van der Waals surface area contributed by atoms with Crippen molar-refractivity contribution in [2.24, 2.45) is 0 Å². The van der Waals surface area contributed by atoms with E-state index in [1.807, 2.05) is 0 Å². The molecule has 0 aliphatic carbocycles. The van der Waals surface area contributed by atoms with Gasteiger partial charge in [-0.25, -0.2) is 0 Å². The Morgan fingerprint density at radius 3 is 1.69 bits per heavy atom. The van der Waals surface area contributed by atoms with Gasteiger partial charge in [-0.05, 0) is 0 Å². The van der Waals surface area contributed by atoms with Crippen molar-refractivity contribution < 1.29 is 9.06 Å². The summed E-state index contributed by atoms with van der Waals surface area (Å²) in [6.45, 7) is 4.51. The van der Waals surface area contributed by atoms with E-state index in [9.17, 15) is 0 Å². The molecule has 1 aliphatic heterocycles. The van der Waals surface area contributed by atoms with Crippen molar-refractivity contribution in [3.8, 4) is 0 Å². The molecule has 0 atom stereocenters. The molecule has 0 bridgehead atoms. The first-order valence-electron chi connectivity index (χ1n) is 4.76. The molecular formula is C10H25N3+2. The van der Waals surface area contributed by atoms with Gasteiger partial charge in [-0.2, -0.15) is 0 Å². The fourth-order valence-corrected chi connectivity index (χ4v) is 0.915. The zero-order valence-corrected chi connectivity index (χ0v) is 10.3. The standard InChI is InChI=1S/C6H13N2.C4H12N/c1-6-7(2)4-5-8(6)3;1-5(2,3)4/h4-5H2,1-3H3;1-4H3/q2*+1. The minimum atomic E-state index is 1.00. The monoisotopic (exact) mass is 187 g/mol. The van der Waals surface area contributed by atoms with Crippen LogP contribution in [0.2, 0.25) is 0 Å². The molecule has 0 saturated carbocycles. The maximum absolute atomic E-state index is 2.26. The summed E-state index contributed by atoms with van der Waals surface area (Å²) in [5.41, 5.74) is 0. The third-order valence-electron chi connectivity index (χ3n) is 1.88. The molecule has 0 spiro atoms. The molecule has 0 radical (unpaired) electrons. The highest BCUT2D eigenvalue weighted by Gasteiger charge is 2.18. The van der Waals surface area contributed by atoms with Crippen molar-refractivity contribution in [2.75, 3.05) is 55.4 Å². The Kier molecular flexibility index (Phi) is 4.40. The summed E-state index contributed by atoms with van der Waals surface area (Å²) in [4.78, 5) is 2.26. The molecule has 78 valence electrons. The molecule has 0 saturated heterocycles. The Labute approximate surface area is 82.9 Å². The van der Waals surface area contributed by atoms with Crippen molar-refractivity contribution in [2.45, 2.75) is 6.92 Å². The third-order valence-corrected chi connectivity index (χ3v) is 1.88. The number of amidine groups is 1. The fourth-order valence-electron chi connectivity index (χ4n) is 0.915. The molecule has 0 fully saturated rings. The predicted octanol–water partition coefficient (Wildman–Crippen LogP) is 0.315. The first kappa shape index (κ1) is 12.4. The Bertz CT molecular complexity index is 183. The van der Waals surface area contributed by atoms with Gasteiger partial charge < -0.3 is 4.48 Å². The summed E-state index contributed by atoms with van der Waals surface area (Å²) < 4.78 is 3.26. The molecule has 3 nitrogen and oxygen atoms in total. The molecule has 0 amide bonds. The summed E-state index contributed by atoms with van der Waals surface area (Å²) in [6, 6.07) is 0. The first-order chi connectivity index (χ1) is 5.72. The molecule has 13 heavy (non-hydrogen) atoms. The number of rotatable bonds is 0. The van der Waals surface area contributed by atoms with Gasteiger partial charge >= 0.3 is 0 Å². The predicted molar refractivity (Wildman–Crippen MR) is 58.3 cm³/mol. The van der Waals surface area contributed by atoms with Crippen LogP contribution in [0.15, 0.2) is 0 Å². The van der Waals surface area contributed by atoms with E-state index < -0.39 is 0 Å². The average Bonchev–Trinajstić information content (AvgIpc) is 2.16. The van der Waals surface area contributed by atoms with Crippen LogP contribution in [0.1, 0.15) is 6.92 Å². The number of nitrogens with zero attached hydrogens (tertiary/aromatic N) is 3. The molecule has 0 unspecified atom stereocenters. The van der Waals surface area contributed by atoms with Gasteiger partial charge in [-0.15, -0.1) is 0 Å². The van der Waals surface area contributed by atoms with Gasteiger partial charge in [0, 0.05) is 6.92 Å². The van der Waals surface area contributed by atoms with Crippen LogP contribution in [-0.2, 0) is 0 Å². The van der Waals surface area contributed by atoms with Crippen molar-refractivity contribution in [1.82, 2.24) is 4.90 Å². The van der Waals surface area contributed by atoms with Crippen molar-refractivity contribution in [3.63, 3.8) is 0 Å². The van der Waals surface area contributed by atoms with E-state index in [1.54, 1.807) is 0 Å². The maximum Gasteiger partial charge on any atom is 0.243 e. The van der Waals surface area contributed by atoms with Gasteiger partial charge in [-0.1, -0.05) is 0 Å². The number of likely N-dealkylation sites (N-methyl/N-ethyl adjacent to an activating group) is 2. The second kappa shape index (κ2) is 4.61. The van der Waals surface area contributed by atoms with E-state index in [2.05, 4.69) is 58.7 Å². The highest BCUT2D eigenvalue weighted by atomic mass is 15.3. The minimum absolute atomic E-state index is 1.00. The van der Waals surface area contributed by atoms with Crippen LogP contribution in [0.4, 0.5) is 0 Å². The Morgan fingerprint density at radius 1 is 1.23 bits per heavy atom. The van der Waals surface area contributed by atoms with E-state index in [0.717, 1.165) is 4.48 Å². The van der Waals surface area contributed by atoms with Gasteiger partial charge in [0.2, 0.25) is 5.84 Å². The molecular weight excluding hydrogens is 162 g/mol. The Morgan fingerprint density at radius 2 is 1.62 bits per heavy atom. The number of quaternary nitrogens is 1. The lowest BCUT2D eigenvalue weighted by Gasteiger charge is -2.14. The number of hydrogen-bond acceptors (Lipinski definition) is 1. The van der Waals surface area contributed by atoms with Crippen LogP contribution in [0.25, 0.3) is 0 Å². The third kappa shape index (κ3) is 6.58. The zero-order valence-electron chi connectivity index (χ0n) is 10.3. The van der Waals surface area contributed by atoms with Crippen LogP contribution < -0.4 is 0 Å². The second-order valence-corrected chi connectivity index (χ2v) is 5.07. The van der Waals surface area contributed by atoms with Crippen molar-refractivity contribution in [3.05, 3.63) is 0 Å².